The van der Waals surface area contributed by atoms with Crippen molar-refractivity contribution in [1.29, 1.82) is 0 Å². The molecule has 0 saturated heterocycles. The minimum Gasteiger partial charge on any atom is -0.279 e. The Hall–Kier alpha value is -2.16. The van der Waals surface area contributed by atoms with Gasteiger partial charge in [-0.3, -0.25) is 5.43 Å². The van der Waals surface area contributed by atoms with Crippen LogP contribution in [0.1, 0.15) is 5.56 Å². The van der Waals surface area contributed by atoms with Gasteiger partial charge < -0.3 is 0 Å². The van der Waals surface area contributed by atoms with E-state index in [-0.39, 0.29) is 5.82 Å². The van der Waals surface area contributed by atoms with Crippen LogP contribution in [0, 0.1) is 5.82 Å². The fraction of sp³-hybridized carbons (Fsp3) is 0. The lowest BCUT2D eigenvalue weighted by molar-refractivity contribution is 0.627. The third-order valence-corrected chi connectivity index (χ3v) is 2.03. The van der Waals surface area contributed by atoms with Gasteiger partial charge in [0.1, 0.15) is 5.82 Å². The summed E-state index contributed by atoms with van der Waals surface area (Å²) in [4.78, 5) is 0. The fourth-order valence-corrected chi connectivity index (χ4v) is 1.28. The summed E-state index contributed by atoms with van der Waals surface area (Å²) in [7, 11) is 0. The largest absolute Gasteiger partial charge is 0.279 e. The lowest BCUT2D eigenvalue weighted by Crippen LogP contribution is -1.90. The average molecular weight is 214 g/mol. The molecular formula is C13H11FN2. The Morgan fingerprint density at radius 3 is 2.56 bits per heavy atom. The summed E-state index contributed by atoms with van der Waals surface area (Å²) in [6.45, 7) is 0. The number of hydrazone groups is 1. The van der Waals surface area contributed by atoms with E-state index in [4.69, 9.17) is 0 Å². The van der Waals surface area contributed by atoms with Crippen LogP contribution in [0.5, 0.6) is 0 Å². The molecule has 0 bridgehead atoms. The first-order valence-corrected chi connectivity index (χ1v) is 4.94. The van der Waals surface area contributed by atoms with Crippen LogP contribution in [0.15, 0.2) is 59.7 Å². The Balaban J connectivity index is 2.00. The summed E-state index contributed by atoms with van der Waals surface area (Å²) in [5.74, 6) is -0.260. The van der Waals surface area contributed by atoms with Gasteiger partial charge in [-0.05, 0) is 29.8 Å². The van der Waals surface area contributed by atoms with Gasteiger partial charge in [-0.1, -0.05) is 30.3 Å². The summed E-state index contributed by atoms with van der Waals surface area (Å²) >= 11 is 0. The summed E-state index contributed by atoms with van der Waals surface area (Å²) in [5.41, 5.74) is 4.48. The predicted octanol–water partition coefficient (Wildman–Crippen LogP) is 3.27. The molecule has 0 amide bonds. The Morgan fingerprint density at radius 2 is 1.81 bits per heavy atom. The van der Waals surface area contributed by atoms with Gasteiger partial charge >= 0.3 is 0 Å². The molecule has 80 valence electrons. The molecule has 2 rings (SSSR count). The van der Waals surface area contributed by atoms with E-state index >= 15 is 0 Å². The van der Waals surface area contributed by atoms with Crippen molar-refractivity contribution in [2.75, 3.05) is 5.43 Å². The molecule has 0 saturated carbocycles. The molecule has 0 atom stereocenters. The van der Waals surface area contributed by atoms with E-state index in [0.29, 0.717) is 0 Å². The van der Waals surface area contributed by atoms with Crippen LogP contribution < -0.4 is 5.43 Å². The molecule has 2 aromatic carbocycles. The van der Waals surface area contributed by atoms with E-state index in [9.17, 15) is 4.39 Å². The second-order valence-electron chi connectivity index (χ2n) is 3.29. The van der Waals surface area contributed by atoms with Crippen molar-refractivity contribution >= 4 is 11.9 Å². The van der Waals surface area contributed by atoms with E-state index in [1.807, 2.05) is 30.3 Å². The maximum absolute atomic E-state index is 12.8. The van der Waals surface area contributed by atoms with Gasteiger partial charge in [-0.25, -0.2) is 4.39 Å². The van der Waals surface area contributed by atoms with Crippen molar-refractivity contribution in [3.8, 4) is 0 Å². The SMILES string of the molecule is Fc1cccc(/C=N\Nc2ccccc2)c1. The Labute approximate surface area is 93.4 Å². The molecular weight excluding hydrogens is 203 g/mol. The first-order valence-electron chi connectivity index (χ1n) is 4.94. The lowest BCUT2D eigenvalue weighted by atomic mass is 10.2. The van der Waals surface area contributed by atoms with E-state index in [1.165, 1.54) is 12.1 Å². The van der Waals surface area contributed by atoms with E-state index in [1.54, 1.807) is 18.3 Å². The molecule has 0 aliphatic rings. The van der Waals surface area contributed by atoms with Gasteiger partial charge in [-0.15, -0.1) is 0 Å². The zero-order valence-corrected chi connectivity index (χ0v) is 8.60. The van der Waals surface area contributed by atoms with Crippen LogP contribution in [0.3, 0.4) is 0 Å². The topological polar surface area (TPSA) is 24.4 Å². The molecule has 0 spiro atoms. The Morgan fingerprint density at radius 1 is 1.00 bits per heavy atom. The average Bonchev–Trinajstić information content (AvgIpc) is 2.30. The molecule has 0 aliphatic carbocycles. The lowest BCUT2D eigenvalue weighted by Gasteiger charge is -1.98. The molecule has 2 nitrogen and oxygen atoms in total. The predicted molar refractivity (Wildman–Crippen MR) is 64.1 cm³/mol. The summed E-state index contributed by atoms with van der Waals surface area (Å²) < 4.78 is 12.8. The highest BCUT2D eigenvalue weighted by atomic mass is 19.1. The van der Waals surface area contributed by atoms with Crippen molar-refractivity contribution in [2.45, 2.75) is 0 Å². The van der Waals surface area contributed by atoms with Crippen LogP contribution in [0.25, 0.3) is 0 Å². The Kier molecular flexibility index (Phi) is 3.28. The van der Waals surface area contributed by atoms with Crippen molar-refractivity contribution in [3.63, 3.8) is 0 Å². The fourth-order valence-electron chi connectivity index (χ4n) is 1.28. The van der Waals surface area contributed by atoms with E-state index in [2.05, 4.69) is 10.5 Å². The maximum Gasteiger partial charge on any atom is 0.123 e. The first-order chi connectivity index (χ1) is 7.84. The number of nitrogens with one attached hydrogen (secondary N) is 1. The maximum atomic E-state index is 12.8. The summed E-state index contributed by atoms with van der Waals surface area (Å²) in [6, 6.07) is 15.9. The zero-order chi connectivity index (χ0) is 11.2. The van der Waals surface area contributed by atoms with Crippen LogP contribution >= 0.6 is 0 Å². The molecule has 16 heavy (non-hydrogen) atoms. The summed E-state index contributed by atoms with van der Waals surface area (Å²) in [6.07, 6.45) is 1.58. The molecule has 3 heteroatoms. The van der Waals surface area contributed by atoms with E-state index in [0.717, 1.165) is 11.3 Å². The third kappa shape index (κ3) is 2.92. The van der Waals surface area contributed by atoms with Gasteiger partial charge in [0.2, 0.25) is 0 Å². The number of halogens is 1. The number of hydrogen-bond acceptors (Lipinski definition) is 2. The van der Waals surface area contributed by atoms with Crippen molar-refractivity contribution < 1.29 is 4.39 Å². The highest BCUT2D eigenvalue weighted by Crippen LogP contribution is 2.05. The van der Waals surface area contributed by atoms with Crippen molar-refractivity contribution in [3.05, 3.63) is 66.0 Å². The number of para-hydroxylation sites is 1. The molecule has 0 unspecified atom stereocenters. The molecule has 0 radical (unpaired) electrons. The molecule has 0 aromatic heterocycles. The van der Waals surface area contributed by atoms with Gasteiger partial charge in [0, 0.05) is 0 Å². The summed E-state index contributed by atoms with van der Waals surface area (Å²) in [5, 5.41) is 4.01. The number of hydrogen-bond donors (Lipinski definition) is 1. The highest BCUT2D eigenvalue weighted by molar-refractivity contribution is 5.80. The molecule has 0 fully saturated rings. The van der Waals surface area contributed by atoms with Gasteiger partial charge in [0.25, 0.3) is 0 Å². The second-order valence-corrected chi connectivity index (χ2v) is 3.29. The number of nitrogens with zero attached hydrogens (tertiary/aromatic N) is 1. The quantitative estimate of drug-likeness (QED) is 0.615. The third-order valence-electron chi connectivity index (χ3n) is 2.03. The van der Waals surface area contributed by atoms with Crippen LogP contribution in [0.4, 0.5) is 10.1 Å². The van der Waals surface area contributed by atoms with Gasteiger partial charge in [0.15, 0.2) is 0 Å². The van der Waals surface area contributed by atoms with Crippen LogP contribution in [-0.2, 0) is 0 Å². The molecule has 2 aromatic rings. The van der Waals surface area contributed by atoms with Crippen molar-refractivity contribution in [1.82, 2.24) is 0 Å². The molecule has 0 heterocycles. The smallest absolute Gasteiger partial charge is 0.123 e. The zero-order valence-electron chi connectivity index (χ0n) is 8.60. The minimum absolute atomic E-state index is 0.260. The number of anilines is 1. The number of rotatable bonds is 3. The standard InChI is InChI=1S/C13H11FN2/c14-12-6-4-5-11(9-12)10-15-16-13-7-2-1-3-8-13/h1-10,16H/b15-10-. The highest BCUT2D eigenvalue weighted by Gasteiger charge is 1.90. The number of benzene rings is 2. The minimum atomic E-state index is -0.260. The molecule has 0 aliphatic heterocycles. The first kappa shape index (κ1) is 10.4. The van der Waals surface area contributed by atoms with Gasteiger partial charge in [0.05, 0.1) is 11.9 Å². The monoisotopic (exact) mass is 214 g/mol. The second kappa shape index (κ2) is 5.07. The van der Waals surface area contributed by atoms with Gasteiger partial charge in [-0.2, -0.15) is 5.10 Å². The normalized spacial score (nSPS) is 10.6. The van der Waals surface area contributed by atoms with E-state index < -0.39 is 0 Å². The van der Waals surface area contributed by atoms with Crippen LogP contribution in [-0.4, -0.2) is 6.21 Å². The van der Waals surface area contributed by atoms with Crippen LogP contribution in [0.2, 0.25) is 0 Å². The van der Waals surface area contributed by atoms with Crippen molar-refractivity contribution in [2.24, 2.45) is 5.10 Å². The molecule has 1 N–H and O–H groups in total. The Bertz CT molecular complexity index is 480.